The van der Waals surface area contributed by atoms with E-state index < -0.39 is 17.7 Å². The van der Waals surface area contributed by atoms with Crippen molar-refractivity contribution in [2.24, 2.45) is 0 Å². The predicted molar refractivity (Wildman–Crippen MR) is 67.6 cm³/mol. The summed E-state index contributed by atoms with van der Waals surface area (Å²) in [4.78, 5) is 0. The van der Waals surface area contributed by atoms with Gasteiger partial charge in [0.05, 0.1) is 12.3 Å². The van der Waals surface area contributed by atoms with E-state index in [1.165, 1.54) is 6.07 Å². The van der Waals surface area contributed by atoms with Crippen LogP contribution in [0.1, 0.15) is 37.1 Å². The SMILES string of the molecule is CC(C)n1cc(C(O)Cc2ccc(F)c(F)c2)cn1. The summed E-state index contributed by atoms with van der Waals surface area (Å²) in [5.41, 5.74) is 1.21. The van der Waals surface area contributed by atoms with Crippen LogP contribution in [0.25, 0.3) is 0 Å². The van der Waals surface area contributed by atoms with Crippen LogP contribution in [0.3, 0.4) is 0 Å². The van der Waals surface area contributed by atoms with Crippen LogP contribution in [0.2, 0.25) is 0 Å². The Kier molecular flexibility index (Phi) is 3.95. The normalized spacial score (nSPS) is 12.9. The van der Waals surface area contributed by atoms with Gasteiger partial charge < -0.3 is 5.11 Å². The molecular weight excluding hydrogens is 250 g/mol. The van der Waals surface area contributed by atoms with E-state index in [1.807, 2.05) is 13.8 Å². The lowest BCUT2D eigenvalue weighted by atomic mass is 10.0. The molecule has 3 nitrogen and oxygen atoms in total. The lowest BCUT2D eigenvalue weighted by Gasteiger charge is -2.09. The molecule has 0 aliphatic rings. The molecule has 0 spiro atoms. The minimum atomic E-state index is -0.900. The van der Waals surface area contributed by atoms with Gasteiger partial charge in [-0.1, -0.05) is 6.07 Å². The van der Waals surface area contributed by atoms with E-state index >= 15 is 0 Å². The van der Waals surface area contributed by atoms with E-state index in [2.05, 4.69) is 5.10 Å². The Balaban J connectivity index is 2.11. The summed E-state index contributed by atoms with van der Waals surface area (Å²) in [5.74, 6) is -1.78. The van der Waals surface area contributed by atoms with Gasteiger partial charge in [0.25, 0.3) is 0 Å². The second-order valence-corrected chi connectivity index (χ2v) is 4.82. The van der Waals surface area contributed by atoms with Crippen molar-refractivity contribution in [2.45, 2.75) is 32.4 Å². The van der Waals surface area contributed by atoms with Crippen molar-refractivity contribution < 1.29 is 13.9 Å². The Morgan fingerprint density at radius 3 is 2.58 bits per heavy atom. The largest absolute Gasteiger partial charge is 0.388 e. The Bertz CT molecular complexity index is 566. The maximum Gasteiger partial charge on any atom is 0.159 e. The third-order valence-corrected chi connectivity index (χ3v) is 2.95. The topological polar surface area (TPSA) is 38.0 Å². The number of nitrogens with zero attached hydrogens (tertiary/aromatic N) is 2. The zero-order valence-corrected chi connectivity index (χ0v) is 10.8. The number of hydrogen-bond acceptors (Lipinski definition) is 2. The maximum absolute atomic E-state index is 13.1. The molecule has 0 radical (unpaired) electrons. The summed E-state index contributed by atoms with van der Waals surface area (Å²) in [6.45, 7) is 3.97. The van der Waals surface area contributed by atoms with Gasteiger partial charge in [-0.3, -0.25) is 4.68 Å². The molecule has 0 bridgehead atoms. The molecule has 0 saturated heterocycles. The Labute approximate surface area is 110 Å². The number of hydrogen-bond donors (Lipinski definition) is 1. The van der Waals surface area contributed by atoms with Crippen molar-refractivity contribution in [3.05, 3.63) is 53.4 Å². The molecule has 1 aromatic carbocycles. The summed E-state index contributed by atoms with van der Waals surface area (Å²) in [6, 6.07) is 3.85. The highest BCUT2D eigenvalue weighted by Gasteiger charge is 2.13. The lowest BCUT2D eigenvalue weighted by molar-refractivity contribution is 0.178. The van der Waals surface area contributed by atoms with Crippen molar-refractivity contribution in [2.75, 3.05) is 0 Å². The van der Waals surface area contributed by atoms with Crippen LogP contribution in [0, 0.1) is 11.6 Å². The van der Waals surface area contributed by atoms with Crippen LogP contribution >= 0.6 is 0 Å². The molecule has 1 atom stereocenters. The highest BCUT2D eigenvalue weighted by atomic mass is 19.2. The van der Waals surface area contributed by atoms with Gasteiger partial charge in [-0.25, -0.2) is 8.78 Å². The Hall–Kier alpha value is -1.75. The van der Waals surface area contributed by atoms with E-state index in [4.69, 9.17) is 0 Å². The van der Waals surface area contributed by atoms with Gasteiger partial charge >= 0.3 is 0 Å². The highest BCUT2D eigenvalue weighted by molar-refractivity contribution is 5.21. The average molecular weight is 266 g/mol. The van der Waals surface area contributed by atoms with Crippen LogP contribution in [0.4, 0.5) is 8.78 Å². The fourth-order valence-electron chi connectivity index (χ4n) is 1.81. The van der Waals surface area contributed by atoms with Gasteiger partial charge in [0.2, 0.25) is 0 Å². The molecule has 1 unspecified atom stereocenters. The van der Waals surface area contributed by atoms with E-state index in [-0.39, 0.29) is 12.5 Å². The predicted octanol–water partition coefficient (Wildman–Crippen LogP) is 3.02. The van der Waals surface area contributed by atoms with Crippen LogP contribution in [0.5, 0.6) is 0 Å². The van der Waals surface area contributed by atoms with Crippen LogP contribution in [-0.4, -0.2) is 14.9 Å². The fourth-order valence-corrected chi connectivity index (χ4v) is 1.81. The summed E-state index contributed by atoms with van der Waals surface area (Å²) in [5, 5.41) is 14.2. The molecule has 0 amide bonds. The molecule has 0 fully saturated rings. The van der Waals surface area contributed by atoms with Gasteiger partial charge in [0.1, 0.15) is 0 Å². The van der Waals surface area contributed by atoms with Gasteiger partial charge in [0, 0.05) is 24.2 Å². The number of rotatable bonds is 4. The first-order chi connectivity index (χ1) is 8.97. The molecule has 0 saturated carbocycles. The molecule has 19 heavy (non-hydrogen) atoms. The van der Waals surface area contributed by atoms with Crippen LogP contribution in [-0.2, 0) is 6.42 Å². The Morgan fingerprint density at radius 2 is 2.00 bits per heavy atom. The molecule has 102 valence electrons. The molecule has 0 aliphatic carbocycles. The summed E-state index contributed by atoms with van der Waals surface area (Å²) >= 11 is 0. The molecule has 1 aromatic heterocycles. The first kappa shape index (κ1) is 13.7. The average Bonchev–Trinajstić information content (AvgIpc) is 2.83. The molecule has 1 N–H and O–H groups in total. The minimum Gasteiger partial charge on any atom is -0.388 e. The number of benzene rings is 1. The van der Waals surface area contributed by atoms with Gasteiger partial charge in [-0.05, 0) is 31.5 Å². The van der Waals surface area contributed by atoms with Crippen molar-refractivity contribution >= 4 is 0 Å². The van der Waals surface area contributed by atoms with Crippen LogP contribution < -0.4 is 0 Å². The number of halogens is 2. The molecular formula is C14H16F2N2O. The molecule has 0 aliphatic heterocycles. The van der Waals surface area contributed by atoms with Gasteiger partial charge in [0.15, 0.2) is 11.6 Å². The summed E-state index contributed by atoms with van der Waals surface area (Å²) in [7, 11) is 0. The molecule has 2 aromatic rings. The van der Waals surface area contributed by atoms with Crippen molar-refractivity contribution in [3.63, 3.8) is 0 Å². The minimum absolute atomic E-state index is 0.212. The third kappa shape index (κ3) is 3.17. The lowest BCUT2D eigenvalue weighted by Crippen LogP contribution is -2.03. The standard InChI is InChI=1S/C14H16F2N2O/c1-9(2)18-8-11(7-17-18)14(19)6-10-3-4-12(15)13(16)5-10/h3-5,7-9,14,19H,6H2,1-2H3. The Morgan fingerprint density at radius 1 is 1.26 bits per heavy atom. The van der Waals surface area contributed by atoms with Gasteiger partial charge in [-0.2, -0.15) is 5.10 Å². The van der Waals surface area contributed by atoms with E-state index in [9.17, 15) is 13.9 Å². The number of aliphatic hydroxyl groups is 1. The molecule has 5 heteroatoms. The summed E-state index contributed by atoms with van der Waals surface area (Å²) < 4.78 is 27.6. The smallest absolute Gasteiger partial charge is 0.159 e. The highest BCUT2D eigenvalue weighted by Crippen LogP contribution is 2.20. The zero-order chi connectivity index (χ0) is 14.0. The van der Waals surface area contributed by atoms with Crippen LogP contribution in [0.15, 0.2) is 30.6 Å². The second-order valence-electron chi connectivity index (χ2n) is 4.82. The quantitative estimate of drug-likeness (QED) is 0.923. The van der Waals surface area contributed by atoms with Crippen molar-refractivity contribution in [1.29, 1.82) is 0 Å². The van der Waals surface area contributed by atoms with E-state index in [0.29, 0.717) is 11.1 Å². The number of aliphatic hydroxyl groups excluding tert-OH is 1. The fraction of sp³-hybridized carbons (Fsp3) is 0.357. The number of aromatic nitrogens is 2. The van der Waals surface area contributed by atoms with Crippen molar-refractivity contribution in [3.8, 4) is 0 Å². The van der Waals surface area contributed by atoms with E-state index in [0.717, 1.165) is 12.1 Å². The first-order valence-corrected chi connectivity index (χ1v) is 6.13. The molecule has 1 heterocycles. The first-order valence-electron chi connectivity index (χ1n) is 6.13. The third-order valence-electron chi connectivity index (χ3n) is 2.95. The monoisotopic (exact) mass is 266 g/mol. The molecule has 2 rings (SSSR count). The summed E-state index contributed by atoms with van der Waals surface area (Å²) in [6.07, 6.45) is 2.79. The van der Waals surface area contributed by atoms with E-state index in [1.54, 1.807) is 17.1 Å². The maximum atomic E-state index is 13.1. The second kappa shape index (κ2) is 5.48. The van der Waals surface area contributed by atoms with Gasteiger partial charge in [-0.15, -0.1) is 0 Å². The zero-order valence-electron chi connectivity index (χ0n) is 10.8. The van der Waals surface area contributed by atoms with Crippen molar-refractivity contribution in [1.82, 2.24) is 9.78 Å².